The molecule has 0 spiro atoms. The molecule has 2 nitrogen and oxygen atoms in total. The van der Waals surface area contributed by atoms with Gasteiger partial charge in [-0.15, -0.1) is 0 Å². The highest BCUT2D eigenvalue weighted by molar-refractivity contribution is 6.36. The molecule has 1 aromatic carbocycles. The fraction of sp³-hybridized carbons (Fsp3) is 0.467. The van der Waals surface area contributed by atoms with Crippen molar-refractivity contribution >= 4 is 22.5 Å². The predicted octanol–water partition coefficient (Wildman–Crippen LogP) is 3.37. The minimum Gasteiger partial charge on any atom is -0.351 e. The van der Waals surface area contributed by atoms with Crippen molar-refractivity contribution in [2.75, 3.05) is 13.1 Å². The second-order valence-electron chi connectivity index (χ2n) is 5.31. The molecule has 1 aliphatic heterocycles. The molecular weight excluding hydrogens is 244 g/mol. The first-order chi connectivity index (χ1) is 8.75. The molecule has 0 amide bonds. The standard InChI is InChI=1S/C15H19ClN2/c1-18-8-6-13-14(18)5-4-12(15(13)16)9-11-3-2-7-17-10-11/h4-6,8,11,17H,2-3,7,9-10H2,1H3. The topological polar surface area (TPSA) is 17.0 Å². The average Bonchev–Trinajstić information content (AvgIpc) is 2.77. The van der Waals surface area contributed by atoms with E-state index in [1.807, 2.05) is 0 Å². The van der Waals surface area contributed by atoms with Crippen molar-refractivity contribution in [3.63, 3.8) is 0 Å². The summed E-state index contributed by atoms with van der Waals surface area (Å²) in [5.41, 5.74) is 2.51. The van der Waals surface area contributed by atoms with Gasteiger partial charge in [-0.3, -0.25) is 0 Å². The molecule has 3 rings (SSSR count). The van der Waals surface area contributed by atoms with E-state index in [-0.39, 0.29) is 0 Å². The number of aromatic nitrogens is 1. The lowest BCUT2D eigenvalue weighted by Gasteiger charge is -2.23. The van der Waals surface area contributed by atoms with Crippen molar-refractivity contribution in [2.45, 2.75) is 19.3 Å². The Bertz CT molecular complexity index is 553. The summed E-state index contributed by atoms with van der Waals surface area (Å²) >= 11 is 6.54. The number of rotatable bonds is 2. The fourth-order valence-electron chi connectivity index (χ4n) is 2.93. The minimum atomic E-state index is 0.734. The Balaban J connectivity index is 1.89. The summed E-state index contributed by atoms with van der Waals surface area (Å²) in [7, 11) is 2.06. The first-order valence-electron chi connectivity index (χ1n) is 6.69. The first kappa shape index (κ1) is 12.1. The molecule has 1 unspecified atom stereocenters. The van der Waals surface area contributed by atoms with Crippen LogP contribution in [0.2, 0.25) is 5.02 Å². The lowest BCUT2D eigenvalue weighted by Crippen LogP contribution is -2.30. The van der Waals surface area contributed by atoms with E-state index in [1.165, 1.54) is 35.9 Å². The first-order valence-corrected chi connectivity index (χ1v) is 7.06. The maximum absolute atomic E-state index is 6.54. The summed E-state index contributed by atoms with van der Waals surface area (Å²) in [6.45, 7) is 2.30. The van der Waals surface area contributed by atoms with Gasteiger partial charge in [-0.25, -0.2) is 0 Å². The quantitative estimate of drug-likeness (QED) is 0.878. The molecule has 1 N–H and O–H groups in total. The summed E-state index contributed by atoms with van der Waals surface area (Å²) in [6.07, 6.45) is 5.77. The highest BCUT2D eigenvalue weighted by atomic mass is 35.5. The summed E-state index contributed by atoms with van der Waals surface area (Å²) in [6, 6.07) is 6.49. The van der Waals surface area contributed by atoms with Gasteiger partial charge in [0.2, 0.25) is 0 Å². The van der Waals surface area contributed by atoms with E-state index >= 15 is 0 Å². The van der Waals surface area contributed by atoms with E-state index < -0.39 is 0 Å². The molecule has 0 radical (unpaired) electrons. The number of piperidine rings is 1. The summed E-state index contributed by atoms with van der Waals surface area (Å²) in [5, 5.41) is 5.59. The van der Waals surface area contributed by atoms with Crippen molar-refractivity contribution in [2.24, 2.45) is 13.0 Å². The van der Waals surface area contributed by atoms with Crippen molar-refractivity contribution in [1.29, 1.82) is 0 Å². The van der Waals surface area contributed by atoms with E-state index in [2.05, 4.69) is 41.3 Å². The summed E-state index contributed by atoms with van der Waals surface area (Å²) < 4.78 is 2.12. The van der Waals surface area contributed by atoms with Crippen LogP contribution in [0.4, 0.5) is 0 Å². The van der Waals surface area contributed by atoms with Crippen LogP contribution in [0.15, 0.2) is 24.4 Å². The number of halogens is 1. The van der Waals surface area contributed by atoms with Crippen LogP contribution in [0.25, 0.3) is 10.9 Å². The third-order valence-corrected chi connectivity index (χ3v) is 4.44. The molecule has 2 heterocycles. The van der Waals surface area contributed by atoms with Crippen molar-refractivity contribution < 1.29 is 0 Å². The molecule has 3 heteroatoms. The third-order valence-electron chi connectivity index (χ3n) is 3.99. The Hall–Kier alpha value is -0.990. The normalized spacial score (nSPS) is 20.4. The van der Waals surface area contributed by atoms with Gasteiger partial charge in [-0.2, -0.15) is 0 Å². The van der Waals surface area contributed by atoms with Gasteiger partial charge in [0.05, 0.1) is 5.02 Å². The molecule has 1 atom stereocenters. The summed E-state index contributed by atoms with van der Waals surface area (Å²) in [4.78, 5) is 0. The zero-order chi connectivity index (χ0) is 12.5. The monoisotopic (exact) mass is 262 g/mol. The van der Waals surface area contributed by atoms with E-state index in [1.54, 1.807) is 0 Å². The molecule has 0 aliphatic carbocycles. The van der Waals surface area contributed by atoms with E-state index in [0.717, 1.165) is 23.9 Å². The lowest BCUT2D eigenvalue weighted by atomic mass is 9.92. The van der Waals surface area contributed by atoms with Gasteiger partial charge in [0.25, 0.3) is 0 Å². The number of nitrogens with zero attached hydrogens (tertiary/aromatic N) is 1. The Morgan fingerprint density at radius 3 is 3.06 bits per heavy atom. The molecule has 0 bridgehead atoms. The molecule has 2 aromatic rings. The lowest BCUT2D eigenvalue weighted by molar-refractivity contribution is 0.376. The summed E-state index contributed by atoms with van der Waals surface area (Å²) in [5.74, 6) is 0.734. The molecule has 1 aromatic heterocycles. The van der Waals surface area contributed by atoms with Crippen LogP contribution in [0.3, 0.4) is 0 Å². The predicted molar refractivity (Wildman–Crippen MR) is 77.2 cm³/mol. The van der Waals surface area contributed by atoms with Gasteiger partial charge < -0.3 is 9.88 Å². The molecular formula is C15H19ClN2. The van der Waals surface area contributed by atoms with E-state index in [0.29, 0.717) is 0 Å². The number of hydrogen-bond donors (Lipinski definition) is 1. The second-order valence-corrected chi connectivity index (χ2v) is 5.69. The zero-order valence-corrected chi connectivity index (χ0v) is 11.5. The molecule has 1 aliphatic rings. The Morgan fingerprint density at radius 1 is 1.39 bits per heavy atom. The van der Waals surface area contributed by atoms with E-state index in [4.69, 9.17) is 11.6 Å². The van der Waals surface area contributed by atoms with Gasteiger partial charge in [0, 0.05) is 24.1 Å². The second kappa shape index (κ2) is 4.94. The van der Waals surface area contributed by atoms with Crippen LogP contribution >= 0.6 is 11.6 Å². The number of fused-ring (bicyclic) bond motifs is 1. The molecule has 1 saturated heterocycles. The fourth-order valence-corrected chi connectivity index (χ4v) is 3.23. The van der Waals surface area contributed by atoms with Gasteiger partial charge in [0.15, 0.2) is 0 Å². The van der Waals surface area contributed by atoms with Crippen LogP contribution in [-0.4, -0.2) is 17.7 Å². The van der Waals surface area contributed by atoms with Crippen LogP contribution in [-0.2, 0) is 13.5 Å². The van der Waals surface area contributed by atoms with Crippen LogP contribution in [0.1, 0.15) is 18.4 Å². The van der Waals surface area contributed by atoms with Crippen molar-refractivity contribution in [3.05, 3.63) is 35.0 Å². The Morgan fingerprint density at radius 2 is 2.28 bits per heavy atom. The Labute approximate surface area is 113 Å². The minimum absolute atomic E-state index is 0.734. The van der Waals surface area contributed by atoms with Crippen LogP contribution in [0, 0.1) is 5.92 Å². The number of nitrogens with one attached hydrogen (secondary N) is 1. The molecule has 0 saturated carbocycles. The van der Waals surface area contributed by atoms with Crippen molar-refractivity contribution in [1.82, 2.24) is 9.88 Å². The SMILES string of the molecule is Cn1ccc2c(Cl)c(CC3CCCNC3)ccc21. The Kier molecular flexibility index (Phi) is 3.31. The van der Waals surface area contributed by atoms with Crippen LogP contribution in [0.5, 0.6) is 0 Å². The maximum atomic E-state index is 6.54. The largest absolute Gasteiger partial charge is 0.351 e. The average molecular weight is 263 g/mol. The maximum Gasteiger partial charge on any atom is 0.0531 e. The smallest absolute Gasteiger partial charge is 0.0531 e. The molecule has 96 valence electrons. The van der Waals surface area contributed by atoms with Crippen molar-refractivity contribution in [3.8, 4) is 0 Å². The number of benzene rings is 1. The third kappa shape index (κ3) is 2.15. The van der Waals surface area contributed by atoms with E-state index in [9.17, 15) is 0 Å². The molecule has 18 heavy (non-hydrogen) atoms. The van der Waals surface area contributed by atoms with Gasteiger partial charge >= 0.3 is 0 Å². The molecule has 1 fully saturated rings. The zero-order valence-electron chi connectivity index (χ0n) is 10.7. The van der Waals surface area contributed by atoms with Gasteiger partial charge in [-0.05, 0) is 56.0 Å². The number of aryl methyl sites for hydroxylation is 1. The van der Waals surface area contributed by atoms with Crippen LogP contribution < -0.4 is 5.32 Å². The highest BCUT2D eigenvalue weighted by Crippen LogP contribution is 2.30. The number of hydrogen-bond acceptors (Lipinski definition) is 1. The van der Waals surface area contributed by atoms with Gasteiger partial charge in [-0.1, -0.05) is 17.7 Å². The van der Waals surface area contributed by atoms with Gasteiger partial charge in [0.1, 0.15) is 0 Å². The highest BCUT2D eigenvalue weighted by Gasteiger charge is 2.16.